The lowest BCUT2D eigenvalue weighted by Gasteiger charge is -2.17. The molecule has 0 aliphatic carbocycles. The van der Waals surface area contributed by atoms with Crippen LogP contribution in [-0.4, -0.2) is 29.5 Å². The van der Waals surface area contributed by atoms with E-state index in [2.05, 4.69) is 5.16 Å². The second-order valence-electron chi connectivity index (χ2n) is 6.90. The Morgan fingerprint density at radius 1 is 1.25 bits per heavy atom. The second kappa shape index (κ2) is 8.37. The number of nitrogens with zero attached hydrogens (tertiary/aromatic N) is 1. The number of oxime groups is 1. The van der Waals surface area contributed by atoms with Gasteiger partial charge in [-0.1, -0.05) is 42.4 Å². The fourth-order valence-corrected chi connectivity index (χ4v) is 3.08. The lowest BCUT2D eigenvalue weighted by molar-refractivity contribution is -0.141. The first-order chi connectivity index (χ1) is 13.4. The van der Waals surface area contributed by atoms with Gasteiger partial charge < -0.3 is 14.7 Å². The van der Waals surface area contributed by atoms with Gasteiger partial charge >= 0.3 is 5.97 Å². The largest absolute Gasteiger partial charge is 0.487 e. The third kappa shape index (κ3) is 4.30. The van der Waals surface area contributed by atoms with Crippen LogP contribution < -0.4 is 4.74 Å². The number of halogens is 2. The second-order valence-corrected chi connectivity index (χ2v) is 6.90. The minimum atomic E-state index is -1.02. The zero-order chi connectivity index (χ0) is 20.3. The van der Waals surface area contributed by atoms with Gasteiger partial charge in [-0.2, -0.15) is 0 Å². The molecule has 0 saturated carbocycles. The molecule has 1 N–H and O–H groups in total. The van der Waals surface area contributed by atoms with Crippen LogP contribution in [0.4, 0.5) is 8.78 Å². The summed E-state index contributed by atoms with van der Waals surface area (Å²) >= 11 is 0. The summed E-state index contributed by atoms with van der Waals surface area (Å²) in [5, 5.41) is 13.0. The van der Waals surface area contributed by atoms with Gasteiger partial charge in [-0.25, -0.2) is 8.78 Å². The molecule has 0 spiro atoms. The summed E-state index contributed by atoms with van der Waals surface area (Å²) < 4.78 is 34.2. The third-order valence-electron chi connectivity index (χ3n) is 4.73. The number of carboxylic acid groups (broad SMARTS) is 1. The Morgan fingerprint density at radius 2 is 1.89 bits per heavy atom. The molecule has 0 amide bonds. The van der Waals surface area contributed by atoms with E-state index in [-0.39, 0.29) is 30.6 Å². The minimum Gasteiger partial charge on any atom is -0.487 e. The van der Waals surface area contributed by atoms with Crippen LogP contribution in [0.5, 0.6) is 5.75 Å². The summed E-state index contributed by atoms with van der Waals surface area (Å²) in [6.45, 7) is 3.29. The van der Waals surface area contributed by atoms with Gasteiger partial charge in [0.1, 0.15) is 12.7 Å². The van der Waals surface area contributed by atoms with Crippen molar-refractivity contribution in [3.05, 3.63) is 65.2 Å². The Balaban J connectivity index is 1.73. The first-order valence-electron chi connectivity index (χ1n) is 8.99. The molecule has 5 nitrogen and oxygen atoms in total. The molecule has 3 unspecified atom stereocenters. The van der Waals surface area contributed by atoms with E-state index in [4.69, 9.17) is 14.7 Å². The van der Waals surface area contributed by atoms with Gasteiger partial charge in [-0.05, 0) is 36.6 Å². The summed E-state index contributed by atoms with van der Waals surface area (Å²) in [5.41, 5.74) is 1.79. The average Bonchev–Trinajstić information content (AvgIpc) is 3.02. The van der Waals surface area contributed by atoms with E-state index in [0.717, 1.165) is 17.7 Å². The predicted octanol–water partition coefficient (Wildman–Crippen LogP) is 4.05. The van der Waals surface area contributed by atoms with E-state index in [1.807, 2.05) is 37.3 Å². The van der Waals surface area contributed by atoms with Gasteiger partial charge in [0.25, 0.3) is 0 Å². The Kier molecular flexibility index (Phi) is 5.92. The van der Waals surface area contributed by atoms with Gasteiger partial charge in [-0.3, -0.25) is 4.79 Å². The van der Waals surface area contributed by atoms with Crippen molar-refractivity contribution in [2.75, 3.05) is 6.61 Å². The molecule has 0 saturated heterocycles. The monoisotopic (exact) mass is 389 g/mol. The maximum Gasteiger partial charge on any atom is 0.306 e. The fraction of sp³-hybridized carbons (Fsp3) is 0.333. The normalized spacial score (nSPS) is 19.6. The van der Waals surface area contributed by atoms with Crippen molar-refractivity contribution in [3.8, 4) is 5.75 Å². The highest BCUT2D eigenvalue weighted by Gasteiger charge is 2.33. The van der Waals surface area contributed by atoms with Gasteiger partial charge in [-0.15, -0.1) is 0 Å². The van der Waals surface area contributed by atoms with Gasteiger partial charge in [0.15, 0.2) is 17.4 Å². The van der Waals surface area contributed by atoms with Crippen molar-refractivity contribution in [1.82, 2.24) is 0 Å². The molecule has 0 bridgehead atoms. The Labute approximate surface area is 161 Å². The molecule has 2 aromatic carbocycles. The molecule has 2 aromatic rings. The van der Waals surface area contributed by atoms with Crippen molar-refractivity contribution in [3.63, 3.8) is 0 Å². The number of carboxylic acids is 1. The summed E-state index contributed by atoms with van der Waals surface area (Å²) in [7, 11) is 0. The molecule has 0 fully saturated rings. The van der Waals surface area contributed by atoms with Crippen molar-refractivity contribution in [2.24, 2.45) is 17.0 Å². The van der Waals surface area contributed by atoms with Crippen LogP contribution in [0.2, 0.25) is 0 Å². The molecule has 1 aliphatic rings. The molecule has 0 aromatic heterocycles. The molecule has 7 heteroatoms. The van der Waals surface area contributed by atoms with Crippen molar-refractivity contribution < 1.29 is 28.3 Å². The molecule has 28 heavy (non-hydrogen) atoms. The molecule has 3 rings (SSSR count). The number of ether oxygens (including phenoxy) is 1. The summed E-state index contributed by atoms with van der Waals surface area (Å²) in [5.74, 6) is -4.27. The van der Waals surface area contributed by atoms with Crippen LogP contribution in [0.1, 0.15) is 25.0 Å². The quantitative estimate of drug-likeness (QED) is 0.776. The molecule has 1 heterocycles. The molecular formula is C21H21F2NO4. The van der Waals surface area contributed by atoms with E-state index in [1.54, 1.807) is 0 Å². The highest BCUT2D eigenvalue weighted by molar-refractivity contribution is 6.03. The van der Waals surface area contributed by atoms with Crippen molar-refractivity contribution in [2.45, 2.75) is 26.4 Å². The van der Waals surface area contributed by atoms with E-state index in [1.165, 1.54) is 6.92 Å². The van der Waals surface area contributed by atoms with Crippen LogP contribution in [0, 0.1) is 23.5 Å². The van der Waals surface area contributed by atoms with E-state index < -0.39 is 29.3 Å². The standard InChI is InChI=1S/C21H21F2NO4/c1-12(21(25)26)8-14-9-17(22)20(18(23)10-14)27-11-16-13(2)28-24-19(16)15-6-4-3-5-7-15/h3-7,9-10,12-13,16H,8,11H2,1-2H3,(H,25,26). The Morgan fingerprint density at radius 3 is 2.50 bits per heavy atom. The molecular weight excluding hydrogens is 368 g/mol. The van der Waals surface area contributed by atoms with Crippen molar-refractivity contribution in [1.29, 1.82) is 0 Å². The topological polar surface area (TPSA) is 68.1 Å². The number of hydrogen-bond donors (Lipinski definition) is 1. The summed E-state index contributed by atoms with van der Waals surface area (Å²) in [4.78, 5) is 16.3. The number of benzene rings is 2. The van der Waals surface area contributed by atoms with Gasteiger partial charge in [0.2, 0.25) is 0 Å². The lowest BCUT2D eigenvalue weighted by atomic mass is 9.94. The highest BCUT2D eigenvalue weighted by Crippen LogP contribution is 2.28. The van der Waals surface area contributed by atoms with E-state index in [9.17, 15) is 13.6 Å². The van der Waals surface area contributed by atoms with Gasteiger partial charge in [0, 0.05) is 0 Å². The van der Waals surface area contributed by atoms with Crippen LogP contribution >= 0.6 is 0 Å². The summed E-state index contributed by atoms with van der Waals surface area (Å²) in [6, 6.07) is 11.6. The van der Waals surface area contributed by atoms with E-state index in [0.29, 0.717) is 5.71 Å². The fourth-order valence-electron chi connectivity index (χ4n) is 3.08. The van der Waals surface area contributed by atoms with Crippen LogP contribution in [0.25, 0.3) is 0 Å². The molecule has 3 atom stereocenters. The van der Waals surface area contributed by atoms with Crippen molar-refractivity contribution >= 4 is 11.7 Å². The average molecular weight is 389 g/mol. The maximum atomic E-state index is 14.4. The molecule has 0 radical (unpaired) electrons. The number of aliphatic carboxylic acids is 1. The molecule has 148 valence electrons. The van der Waals surface area contributed by atoms with E-state index >= 15 is 0 Å². The first kappa shape index (κ1) is 19.8. The number of hydrogen-bond acceptors (Lipinski definition) is 4. The zero-order valence-electron chi connectivity index (χ0n) is 15.6. The van der Waals surface area contributed by atoms with Crippen LogP contribution in [0.3, 0.4) is 0 Å². The summed E-state index contributed by atoms with van der Waals surface area (Å²) in [6.07, 6.45) is -0.265. The highest BCUT2D eigenvalue weighted by atomic mass is 19.1. The Hall–Kier alpha value is -2.96. The SMILES string of the molecule is CC(Cc1cc(F)c(OCC2C(c3ccccc3)=NOC2C)c(F)c1)C(=O)O. The molecule has 1 aliphatic heterocycles. The lowest BCUT2D eigenvalue weighted by Crippen LogP contribution is -2.28. The first-order valence-corrected chi connectivity index (χ1v) is 8.99. The Bertz CT molecular complexity index is 862. The zero-order valence-corrected chi connectivity index (χ0v) is 15.6. The van der Waals surface area contributed by atoms with Crippen LogP contribution in [0.15, 0.2) is 47.6 Å². The van der Waals surface area contributed by atoms with Crippen LogP contribution in [-0.2, 0) is 16.1 Å². The third-order valence-corrected chi connectivity index (χ3v) is 4.73. The predicted molar refractivity (Wildman–Crippen MR) is 99.4 cm³/mol. The number of carbonyl (C=O) groups is 1. The number of rotatable bonds is 7. The smallest absolute Gasteiger partial charge is 0.306 e. The minimum absolute atomic E-state index is 0.00634. The maximum absolute atomic E-state index is 14.4. The van der Waals surface area contributed by atoms with Gasteiger partial charge in [0.05, 0.1) is 17.5 Å².